The van der Waals surface area contributed by atoms with Gasteiger partial charge in [-0.3, -0.25) is 4.79 Å². The topological polar surface area (TPSA) is 67.8 Å². The molecule has 1 fully saturated rings. The number of benzene rings is 2. The van der Waals surface area contributed by atoms with Gasteiger partial charge in [-0.25, -0.2) is 4.39 Å². The van der Waals surface area contributed by atoms with Gasteiger partial charge in [-0.15, -0.1) is 0 Å². The van der Waals surface area contributed by atoms with E-state index in [1.165, 1.54) is 32.4 Å². The normalized spacial score (nSPS) is 14.7. The van der Waals surface area contributed by atoms with Gasteiger partial charge >= 0.3 is 0 Å². The minimum absolute atomic E-state index is 0.0656. The zero-order valence-electron chi connectivity index (χ0n) is 14.1. The molecule has 0 heterocycles. The number of carbonyl (C=O) groups is 1. The number of amides is 1. The summed E-state index contributed by atoms with van der Waals surface area (Å²) < 4.78 is 24.4. The smallest absolute Gasteiger partial charge is 0.258 e. The average Bonchev–Trinajstić information content (AvgIpc) is 3.46. The molecule has 1 atom stereocenters. The Morgan fingerprint density at radius 2 is 1.84 bits per heavy atom. The van der Waals surface area contributed by atoms with Gasteiger partial charge in [0.1, 0.15) is 5.82 Å². The van der Waals surface area contributed by atoms with E-state index in [4.69, 9.17) is 9.47 Å². The Labute approximate surface area is 145 Å². The number of aliphatic hydroxyl groups excluding tert-OH is 1. The van der Waals surface area contributed by atoms with Crippen LogP contribution in [-0.2, 0) is 0 Å². The molecule has 0 radical (unpaired) electrons. The number of aliphatic hydroxyl groups is 1. The molecule has 0 bridgehead atoms. The Kier molecular flexibility index (Phi) is 4.90. The number of methoxy groups -OCH3 is 2. The maximum absolute atomic E-state index is 13.8. The highest BCUT2D eigenvalue weighted by Crippen LogP contribution is 2.45. The van der Waals surface area contributed by atoms with Gasteiger partial charge in [0, 0.05) is 11.6 Å². The summed E-state index contributed by atoms with van der Waals surface area (Å²) in [4.78, 5) is 12.4. The second kappa shape index (κ2) is 7.11. The Bertz CT molecular complexity index is 789. The molecule has 3 rings (SSSR count). The van der Waals surface area contributed by atoms with E-state index in [1.54, 1.807) is 18.2 Å². The molecule has 132 valence electrons. The lowest BCUT2D eigenvalue weighted by molar-refractivity contribution is 0.102. The van der Waals surface area contributed by atoms with Crippen LogP contribution in [-0.4, -0.2) is 25.2 Å². The van der Waals surface area contributed by atoms with Crippen molar-refractivity contribution in [2.45, 2.75) is 18.9 Å². The summed E-state index contributed by atoms with van der Waals surface area (Å²) in [5.41, 5.74) is 0.847. The lowest BCUT2D eigenvalue weighted by atomic mass is 10.0. The summed E-state index contributed by atoms with van der Waals surface area (Å²) in [6.45, 7) is 0. The van der Waals surface area contributed by atoms with Crippen LogP contribution in [0.15, 0.2) is 36.4 Å². The van der Waals surface area contributed by atoms with Crippen molar-refractivity contribution in [2.75, 3.05) is 19.5 Å². The van der Waals surface area contributed by atoms with Gasteiger partial charge in [-0.2, -0.15) is 0 Å². The molecule has 2 aromatic rings. The predicted molar refractivity (Wildman–Crippen MR) is 91.6 cm³/mol. The molecule has 2 aromatic carbocycles. The highest BCUT2D eigenvalue weighted by atomic mass is 19.1. The number of rotatable bonds is 6. The van der Waals surface area contributed by atoms with E-state index in [0.717, 1.165) is 12.8 Å². The summed E-state index contributed by atoms with van der Waals surface area (Å²) in [7, 11) is 2.99. The highest BCUT2D eigenvalue weighted by molar-refractivity contribution is 6.05. The number of anilines is 1. The Balaban J connectivity index is 1.98. The zero-order chi connectivity index (χ0) is 18.0. The summed E-state index contributed by atoms with van der Waals surface area (Å²) in [6, 6.07) is 8.97. The lowest BCUT2D eigenvalue weighted by Gasteiger charge is -2.19. The first-order valence-corrected chi connectivity index (χ1v) is 8.05. The molecule has 5 nitrogen and oxygen atoms in total. The molecule has 1 aliphatic rings. The molecule has 1 amide bonds. The van der Waals surface area contributed by atoms with Gasteiger partial charge in [-0.05, 0) is 37.0 Å². The molecule has 0 saturated heterocycles. The summed E-state index contributed by atoms with van der Waals surface area (Å²) in [6.07, 6.45) is 1.13. The first kappa shape index (κ1) is 17.2. The molecule has 6 heteroatoms. The van der Waals surface area contributed by atoms with Crippen LogP contribution >= 0.6 is 0 Å². The van der Waals surface area contributed by atoms with Crippen LogP contribution in [0, 0.1) is 11.7 Å². The van der Waals surface area contributed by atoms with Gasteiger partial charge in [-0.1, -0.05) is 12.1 Å². The van der Waals surface area contributed by atoms with E-state index in [-0.39, 0.29) is 11.5 Å². The fraction of sp³-hybridized carbons (Fsp3) is 0.316. The molecular formula is C19H20FNO4. The minimum atomic E-state index is -0.726. The molecule has 0 spiro atoms. The Morgan fingerprint density at radius 1 is 1.20 bits per heavy atom. The largest absolute Gasteiger partial charge is 0.493 e. The van der Waals surface area contributed by atoms with Gasteiger partial charge in [0.2, 0.25) is 0 Å². The van der Waals surface area contributed by atoms with E-state index in [1.807, 2.05) is 0 Å². The van der Waals surface area contributed by atoms with Crippen molar-refractivity contribution in [1.82, 2.24) is 0 Å². The van der Waals surface area contributed by atoms with Crippen molar-refractivity contribution < 1.29 is 23.8 Å². The average molecular weight is 345 g/mol. The van der Waals surface area contributed by atoms with Crippen LogP contribution in [0.2, 0.25) is 0 Å². The molecular weight excluding hydrogens is 325 g/mol. The SMILES string of the molecule is COc1cc(NC(=O)c2ccccc2F)c([C@@H](O)C2CC2)cc1OC. The van der Waals surface area contributed by atoms with E-state index in [2.05, 4.69) is 5.32 Å². The summed E-state index contributed by atoms with van der Waals surface area (Å²) in [5, 5.41) is 13.2. The standard InChI is InChI=1S/C19H20FNO4/c1-24-16-9-13(18(22)11-7-8-11)15(10-17(16)25-2)21-19(23)12-5-3-4-6-14(12)20/h3-6,9-11,18,22H,7-8H2,1-2H3,(H,21,23)/t18-/m0/s1. The number of hydrogen-bond acceptors (Lipinski definition) is 4. The van der Waals surface area contributed by atoms with Crippen molar-refractivity contribution in [3.8, 4) is 11.5 Å². The second-order valence-corrected chi connectivity index (χ2v) is 6.01. The van der Waals surface area contributed by atoms with Gasteiger partial charge in [0.05, 0.1) is 31.6 Å². The second-order valence-electron chi connectivity index (χ2n) is 6.01. The monoisotopic (exact) mass is 345 g/mol. The zero-order valence-corrected chi connectivity index (χ0v) is 14.1. The maximum atomic E-state index is 13.8. The molecule has 1 aliphatic carbocycles. The quantitative estimate of drug-likeness (QED) is 0.840. The van der Waals surface area contributed by atoms with E-state index >= 15 is 0 Å². The highest BCUT2D eigenvalue weighted by Gasteiger charge is 2.33. The molecule has 0 aliphatic heterocycles. The van der Waals surface area contributed by atoms with Crippen LogP contribution < -0.4 is 14.8 Å². The molecule has 0 aromatic heterocycles. The first-order chi connectivity index (χ1) is 12.0. The van der Waals surface area contributed by atoms with Crippen LogP contribution in [0.3, 0.4) is 0 Å². The summed E-state index contributed by atoms with van der Waals surface area (Å²) in [5.74, 6) is -0.166. The molecule has 0 unspecified atom stereocenters. The number of carbonyl (C=O) groups excluding carboxylic acids is 1. The molecule has 1 saturated carbocycles. The third-order valence-electron chi connectivity index (χ3n) is 4.31. The first-order valence-electron chi connectivity index (χ1n) is 8.05. The van der Waals surface area contributed by atoms with Gasteiger partial charge in [0.25, 0.3) is 5.91 Å². The van der Waals surface area contributed by atoms with E-state index < -0.39 is 17.8 Å². The van der Waals surface area contributed by atoms with Gasteiger partial charge in [0.15, 0.2) is 11.5 Å². The fourth-order valence-corrected chi connectivity index (χ4v) is 2.75. The fourth-order valence-electron chi connectivity index (χ4n) is 2.75. The third kappa shape index (κ3) is 3.58. The van der Waals surface area contributed by atoms with Crippen LogP contribution in [0.4, 0.5) is 10.1 Å². The number of nitrogens with one attached hydrogen (secondary N) is 1. The number of hydrogen-bond donors (Lipinski definition) is 2. The van der Waals surface area contributed by atoms with Gasteiger partial charge < -0.3 is 19.9 Å². The molecule has 2 N–H and O–H groups in total. The maximum Gasteiger partial charge on any atom is 0.258 e. The van der Waals surface area contributed by atoms with Crippen molar-refractivity contribution >= 4 is 11.6 Å². The minimum Gasteiger partial charge on any atom is -0.493 e. The van der Waals surface area contributed by atoms with E-state index in [9.17, 15) is 14.3 Å². The Morgan fingerprint density at radius 3 is 2.44 bits per heavy atom. The predicted octanol–water partition coefficient (Wildman–Crippen LogP) is 3.54. The number of ether oxygens (including phenoxy) is 2. The van der Waals surface area contributed by atoms with Crippen LogP contribution in [0.1, 0.15) is 34.9 Å². The Hall–Kier alpha value is -2.60. The number of halogens is 1. The van der Waals surface area contributed by atoms with Crippen molar-refractivity contribution in [3.05, 3.63) is 53.3 Å². The lowest BCUT2D eigenvalue weighted by Crippen LogP contribution is -2.16. The van der Waals surface area contributed by atoms with Crippen molar-refractivity contribution in [3.63, 3.8) is 0 Å². The van der Waals surface area contributed by atoms with Crippen molar-refractivity contribution in [2.24, 2.45) is 5.92 Å². The van der Waals surface area contributed by atoms with Crippen LogP contribution in [0.5, 0.6) is 11.5 Å². The molecule has 25 heavy (non-hydrogen) atoms. The summed E-state index contributed by atoms with van der Waals surface area (Å²) >= 11 is 0. The third-order valence-corrected chi connectivity index (χ3v) is 4.31. The van der Waals surface area contributed by atoms with E-state index in [0.29, 0.717) is 22.7 Å². The van der Waals surface area contributed by atoms with Crippen molar-refractivity contribution in [1.29, 1.82) is 0 Å². The van der Waals surface area contributed by atoms with Crippen LogP contribution in [0.25, 0.3) is 0 Å².